The van der Waals surface area contributed by atoms with Crippen LogP contribution in [0.25, 0.3) is 21.8 Å². The molecule has 0 bridgehead atoms. The average Bonchev–Trinajstić information content (AvgIpc) is 1.75. The number of nitrogens with zero attached hydrogens (tertiary/aromatic N) is 6. The van der Waals surface area contributed by atoms with E-state index in [2.05, 4.69) is 58.2 Å². The first-order chi connectivity index (χ1) is 64.6. The predicted molar refractivity (Wildman–Crippen MR) is 490 cm³/mol. The van der Waals surface area contributed by atoms with Crippen LogP contribution < -0.4 is 76.1 Å². The number of H-pyrrole nitrogens is 1. The van der Waals surface area contributed by atoms with E-state index in [0.29, 0.717) is 63.1 Å². The standard InChI is InChI=1S/C89H123N21O25S/c1-7-9-19-66-82(128)98-56(28-30-73(116)117)78(124)104-64(77(123)95-41-71(93)114)45-136-46-72(115)96-60(34-48-23-25-51(111)26-24-48)85(131)105(4)47(3)76(122)101-62(38-74(118)119)88(134)109-33-15-22-67(109)83(129)103-63(39-91)81(127)99-58(27-29-70(92)113)87(133)110-43-52(112)37-69(110)84(130)100-59(35-49-40-94-55-18-13-11-16-53(49)55)80(126)97-57(31-32-90)79(125)102-61(86(132)107(6)68(20-10-8-2)89(135)106(66)5)36-50-42-108(44-75(120)121)65-21-14-12-17-54(50)65/h11-14,16-18,21,23-26,40,42,47,52,56-64,66-69,94,111-112H,7-10,15,19-20,22,27-39,41,43-46,90-91H2,1-6H3,(H2,92,113)(H2,93,114)(H,95,123)(H,96,115)(H,97,126)(H,98,128)(H,99,127)(H,100,130)(H,101,122)(H,102,125)(H,103,129)(H,104,124)(H,116,117)(H,118,119)(H,120,121)/t47-,52+,56-,57-,58-,59-,60-,61-,62-,63-,64-,66-,67-,68-,69-/m0/s1. The normalized spacial score (nSPS) is 24.6. The van der Waals surface area contributed by atoms with Gasteiger partial charge in [0.25, 0.3) is 0 Å². The number of aromatic hydroxyl groups is 1. The Morgan fingerprint density at radius 3 is 1.71 bits per heavy atom. The molecule has 0 unspecified atom stereocenters. The van der Waals surface area contributed by atoms with Crippen LogP contribution in [0.5, 0.6) is 5.75 Å². The number of carbonyl (C=O) groups excluding carboxylic acids is 17. The molecule has 0 saturated carbocycles. The molecule has 3 aliphatic rings. The number of carboxylic acid groups (broad SMARTS) is 3. The highest BCUT2D eigenvalue weighted by atomic mass is 32.2. The zero-order chi connectivity index (χ0) is 100. The molecular formula is C89H123N21O25S. The molecule has 3 aromatic carbocycles. The number of aromatic amines is 1. The van der Waals surface area contributed by atoms with E-state index in [1.54, 1.807) is 68.6 Å². The van der Waals surface area contributed by atoms with Crippen molar-refractivity contribution in [3.8, 4) is 5.75 Å². The number of aromatic nitrogens is 2. The summed E-state index contributed by atoms with van der Waals surface area (Å²) in [5.41, 5.74) is 25.4. The van der Waals surface area contributed by atoms with Crippen molar-refractivity contribution < 1.29 is 121 Å². The maximum atomic E-state index is 15.9. The number of phenolic OH excluding ortho intramolecular Hbond substituents is 1. The summed E-state index contributed by atoms with van der Waals surface area (Å²) in [6.07, 6.45) is -3.11. The number of likely N-dealkylation sites (N-methyl/N-ethyl adjacent to an activating group) is 3. The summed E-state index contributed by atoms with van der Waals surface area (Å²) < 4.78 is 1.40. The first-order valence-corrected chi connectivity index (χ1v) is 45.9. The summed E-state index contributed by atoms with van der Waals surface area (Å²) >= 11 is 0.673. The minimum atomic E-state index is -1.96. The number of aliphatic hydroxyl groups excluding tert-OH is 1. The van der Waals surface area contributed by atoms with E-state index in [0.717, 1.165) is 31.5 Å². The minimum absolute atomic E-state index is 0.0962. The van der Waals surface area contributed by atoms with Gasteiger partial charge in [0.05, 0.1) is 24.8 Å². The maximum absolute atomic E-state index is 15.9. The van der Waals surface area contributed by atoms with Crippen LogP contribution in [0, 0.1) is 0 Å². The third kappa shape index (κ3) is 29.8. The Bertz CT molecular complexity index is 5210. The Morgan fingerprint density at radius 2 is 1.07 bits per heavy atom. The van der Waals surface area contributed by atoms with Crippen LogP contribution in [0.4, 0.5) is 0 Å². The maximum Gasteiger partial charge on any atom is 0.323 e. The number of fused-ring (bicyclic) bond motifs is 4. The SMILES string of the molecule is CCCC[C@H]1C(=O)N(C)[C@@H](CCCC)C(=O)N[C@@H](CCC(=O)O)C(=O)N[C@H](C(=O)NCC(N)=O)CSCC(=O)N[C@@H](Cc2ccc(O)cc2)C(=O)N(C)[C@@H](C)C(=O)N[C@@H](CC(=O)O)C(=O)N2CCC[C@H]2C(=O)N[C@@H](CN)C(=O)N[C@@H](CCC(N)=O)C(=O)N2C[C@H](O)C[C@H]2C(=O)N[C@@H](Cc2c[nH]c3ccccc23)C(=O)N[C@@H](CCN)C(=O)N[C@@H](Cc2cn(CC(=O)O)c3ccccc23)C(=O)N1C. The molecule has 8 rings (SSSR count). The Labute approximate surface area is 786 Å². The fourth-order valence-corrected chi connectivity index (χ4v) is 17.3. The number of benzene rings is 3. The van der Waals surface area contributed by atoms with Gasteiger partial charge in [-0.05, 0) is 99.4 Å². The summed E-state index contributed by atoms with van der Waals surface area (Å²) in [7, 11) is 3.66. The van der Waals surface area contributed by atoms with Gasteiger partial charge in [-0.2, -0.15) is 0 Å². The van der Waals surface area contributed by atoms with Gasteiger partial charge in [-0.3, -0.25) is 95.9 Å². The number of carboxylic acids is 3. The predicted octanol–water partition coefficient (Wildman–Crippen LogP) is -4.60. The first kappa shape index (κ1) is 108. The lowest BCUT2D eigenvalue weighted by Gasteiger charge is -2.36. The van der Waals surface area contributed by atoms with Gasteiger partial charge in [-0.25, -0.2) is 0 Å². The number of amides is 17. The van der Waals surface area contributed by atoms with E-state index in [9.17, 15) is 87.9 Å². The number of carbonyl (C=O) groups is 20. The van der Waals surface area contributed by atoms with Crippen molar-refractivity contribution in [2.45, 2.75) is 234 Å². The van der Waals surface area contributed by atoms with Gasteiger partial charge in [0.15, 0.2) is 0 Å². The number of nitrogens with one attached hydrogen (secondary N) is 11. The molecule has 24 N–H and O–H groups in total. The van der Waals surface area contributed by atoms with Crippen LogP contribution in [0.15, 0.2) is 85.2 Å². The number of nitrogens with two attached hydrogens (primary N) is 4. The Kier molecular flexibility index (Phi) is 40.3. The van der Waals surface area contributed by atoms with Crippen LogP contribution in [0.1, 0.15) is 134 Å². The van der Waals surface area contributed by atoms with Crippen molar-refractivity contribution in [2.75, 3.05) is 65.4 Å². The van der Waals surface area contributed by atoms with Crippen LogP contribution in [0.3, 0.4) is 0 Å². The molecule has 2 aromatic heterocycles. The molecule has 3 fully saturated rings. The summed E-state index contributed by atoms with van der Waals surface area (Å²) in [6.45, 7) is 1.54. The molecule has 47 heteroatoms. The molecule has 46 nitrogen and oxygen atoms in total. The van der Waals surface area contributed by atoms with Crippen LogP contribution in [-0.4, -0.2) is 334 Å². The molecule has 3 aliphatic heterocycles. The number of phenols is 1. The lowest BCUT2D eigenvalue weighted by atomic mass is 9.99. The second-order valence-electron chi connectivity index (χ2n) is 33.9. The van der Waals surface area contributed by atoms with Crippen molar-refractivity contribution in [1.29, 1.82) is 0 Å². The molecule has 5 aromatic rings. The van der Waals surface area contributed by atoms with Crippen molar-refractivity contribution in [3.05, 3.63) is 102 Å². The zero-order valence-corrected chi connectivity index (χ0v) is 77.2. The summed E-state index contributed by atoms with van der Waals surface area (Å²) in [5.74, 6) is -23.4. The van der Waals surface area contributed by atoms with Gasteiger partial charge >= 0.3 is 17.9 Å². The van der Waals surface area contributed by atoms with Crippen LogP contribution in [0.2, 0.25) is 0 Å². The number of primary amides is 2. The van der Waals surface area contributed by atoms with Crippen molar-refractivity contribution >= 4 is 152 Å². The molecule has 0 radical (unpaired) electrons. The third-order valence-corrected chi connectivity index (χ3v) is 25.0. The number of thioether (sulfide) groups is 1. The molecule has 136 heavy (non-hydrogen) atoms. The summed E-state index contributed by atoms with van der Waals surface area (Å²) in [6, 6.07) is -4.84. The third-order valence-electron chi connectivity index (χ3n) is 24.0. The number of rotatable bonds is 28. The number of hydrogen-bond acceptors (Lipinski definition) is 25. The van der Waals surface area contributed by atoms with E-state index >= 15 is 33.6 Å². The van der Waals surface area contributed by atoms with Gasteiger partial charge in [0.2, 0.25) is 100 Å². The van der Waals surface area contributed by atoms with Crippen molar-refractivity contribution in [3.63, 3.8) is 0 Å². The number of aliphatic hydroxyl groups is 1. The number of para-hydroxylation sites is 2. The highest BCUT2D eigenvalue weighted by Gasteiger charge is 2.47. The minimum Gasteiger partial charge on any atom is -0.508 e. The Morgan fingerprint density at radius 1 is 0.515 bits per heavy atom. The van der Waals surface area contributed by atoms with Gasteiger partial charge < -0.3 is 136 Å². The topological polar surface area (TPSA) is 704 Å². The molecule has 3 saturated heterocycles. The second kappa shape index (κ2) is 51.0. The molecule has 15 atom stereocenters. The fraction of sp³-hybridized carbons (Fsp3) is 0.528. The zero-order valence-electron chi connectivity index (χ0n) is 76.4. The lowest BCUT2D eigenvalue weighted by molar-refractivity contribution is -0.149. The molecule has 17 amide bonds. The fourth-order valence-electron chi connectivity index (χ4n) is 16.5. The Balaban J connectivity index is 1.21. The number of hydrogen-bond donors (Lipinski definition) is 20. The highest BCUT2D eigenvalue weighted by molar-refractivity contribution is 8.00. The highest BCUT2D eigenvalue weighted by Crippen LogP contribution is 2.29. The Hall–Kier alpha value is -13.8. The van der Waals surface area contributed by atoms with Gasteiger partial charge in [0.1, 0.15) is 96.9 Å². The van der Waals surface area contributed by atoms with E-state index in [1.165, 1.54) is 56.0 Å². The molecule has 0 aliphatic carbocycles. The van der Waals surface area contributed by atoms with Crippen LogP contribution in [-0.2, 0) is 122 Å². The monoisotopic (exact) mass is 1920 g/mol. The van der Waals surface area contributed by atoms with E-state index < -0.39 is 292 Å². The molecule has 740 valence electrons. The second-order valence-corrected chi connectivity index (χ2v) is 34.9. The number of unbranched alkanes of at least 4 members (excludes halogenated alkanes) is 2. The van der Waals surface area contributed by atoms with Crippen molar-refractivity contribution in [1.82, 2.24) is 87.2 Å². The summed E-state index contributed by atoms with van der Waals surface area (Å²) in [5, 5.41) is 78.1. The van der Waals surface area contributed by atoms with Crippen LogP contribution >= 0.6 is 11.8 Å². The average molecular weight is 1920 g/mol. The number of aliphatic carboxylic acids is 3. The lowest BCUT2D eigenvalue weighted by Crippen LogP contribution is -2.61. The summed E-state index contributed by atoms with van der Waals surface area (Å²) in [4.78, 5) is 294. The molecule has 0 spiro atoms. The van der Waals surface area contributed by atoms with E-state index in [1.807, 2.05) is 0 Å². The van der Waals surface area contributed by atoms with Gasteiger partial charge in [-0.1, -0.05) is 88.1 Å². The quantitative estimate of drug-likeness (QED) is 0.0224. The van der Waals surface area contributed by atoms with E-state index in [-0.39, 0.29) is 76.6 Å². The molecular weight excluding hydrogens is 1800 g/mol. The van der Waals surface area contributed by atoms with E-state index in [4.69, 9.17) is 22.9 Å². The van der Waals surface area contributed by atoms with Gasteiger partial charge in [-0.15, -0.1) is 11.8 Å². The van der Waals surface area contributed by atoms with Gasteiger partial charge in [0, 0.05) is 119 Å². The first-order valence-electron chi connectivity index (χ1n) is 44.8. The smallest absolute Gasteiger partial charge is 0.323 e. The largest absolute Gasteiger partial charge is 0.508 e. The van der Waals surface area contributed by atoms with Crippen molar-refractivity contribution in [2.24, 2.45) is 22.9 Å². The molecule has 5 heterocycles.